The van der Waals surface area contributed by atoms with E-state index in [0.29, 0.717) is 12.2 Å². The SMILES string of the molecule is Cc1ccc(C(=O)NN=Cc2ccc(OCc3ccccc3)cc2)cc1. The molecule has 3 rings (SSSR count). The van der Waals surface area contributed by atoms with Gasteiger partial charge in [0.2, 0.25) is 0 Å². The monoisotopic (exact) mass is 344 g/mol. The third kappa shape index (κ3) is 5.05. The first-order valence-corrected chi connectivity index (χ1v) is 8.37. The van der Waals surface area contributed by atoms with Crippen molar-refractivity contribution >= 4 is 12.1 Å². The summed E-state index contributed by atoms with van der Waals surface area (Å²) in [7, 11) is 0. The van der Waals surface area contributed by atoms with Gasteiger partial charge in [-0.3, -0.25) is 4.79 Å². The minimum atomic E-state index is -0.232. The second-order valence-corrected chi connectivity index (χ2v) is 5.91. The molecule has 0 aromatic heterocycles. The summed E-state index contributed by atoms with van der Waals surface area (Å²) in [6.07, 6.45) is 1.60. The van der Waals surface area contributed by atoms with Crippen molar-refractivity contribution in [1.82, 2.24) is 5.43 Å². The summed E-state index contributed by atoms with van der Waals surface area (Å²) in [5, 5.41) is 4.00. The van der Waals surface area contributed by atoms with Gasteiger partial charge in [0.1, 0.15) is 12.4 Å². The van der Waals surface area contributed by atoms with E-state index in [-0.39, 0.29) is 5.91 Å². The number of aryl methyl sites for hydroxylation is 1. The van der Waals surface area contributed by atoms with Gasteiger partial charge < -0.3 is 4.74 Å². The summed E-state index contributed by atoms with van der Waals surface area (Å²) in [5.74, 6) is 0.554. The second kappa shape index (κ2) is 8.62. The topological polar surface area (TPSA) is 50.7 Å². The van der Waals surface area contributed by atoms with Crippen molar-refractivity contribution in [2.45, 2.75) is 13.5 Å². The summed E-state index contributed by atoms with van der Waals surface area (Å²) in [6, 6.07) is 24.9. The molecule has 0 saturated carbocycles. The molecule has 0 aliphatic rings. The molecular weight excluding hydrogens is 324 g/mol. The van der Waals surface area contributed by atoms with E-state index in [1.807, 2.05) is 73.7 Å². The van der Waals surface area contributed by atoms with Crippen LogP contribution >= 0.6 is 0 Å². The lowest BCUT2D eigenvalue weighted by atomic mass is 10.1. The fourth-order valence-electron chi connectivity index (χ4n) is 2.33. The Kier molecular flexibility index (Phi) is 5.78. The Balaban J connectivity index is 1.51. The Morgan fingerprint density at radius 2 is 1.65 bits per heavy atom. The minimum Gasteiger partial charge on any atom is -0.489 e. The van der Waals surface area contributed by atoms with Crippen LogP contribution in [0.1, 0.15) is 27.0 Å². The zero-order valence-corrected chi connectivity index (χ0v) is 14.6. The Morgan fingerprint density at radius 3 is 2.35 bits per heavy atom. The van der Waals surface area contributed by atoms with Gasteiger partial charge in [-0.05, 0) is 54.4 Å². The quantitative estimate of drug-likeness (QED) is 0.534. The first-order chi connectivity index (χ1) is 12.7. The lowest BCUT2D eigenvalue weighted by Crippen LogP contribution is -2.17. The van der Waals surface area contributed by atoms with Crippen molar-refractivity contribution < 1.29 is 9.53 Å². The smallest absolute Gasteiger partial charge is 0.271 e. The molecule has 4 nitrogen and oxygen atoms in total. The molecule has 0 bridgehead atoms. The standard InChI is InChI=1S/C22H20N2O2/c1-17-7-11-20(12-8-17)22(25)24-23-15-18-9-13-21(14-10-18)26-16-19-5-3-2-4-6-19/h2-15H,16H2,1H3,(H,24,25). The lowest BCUT2D eigenvalue weighted by molar-refractivity contribution is 0.0955. The van der Waals surface area contributed by atoms with E-state index in [2.05, 4.69) is 10.5 Å². The van der Waals surface area contributed by atoms with E-state index in [1.54, 1.807) is 18.3 Å². The van der Waals surface area contributed by atoms with Gasteiger partial charge in [0.15, 0.2) is 0 Å². The summed E-state index contributed by atoms with van der Waals surface area (Å²) in [5.41, 5.74) is 6.22. The fourth-order valence-corrected chi connectivity index (χ4v) is 2.33. The maximum absolute atomic E-state index is 12.0. The van der Waals surface area contributed by atoms with Gasteiger partial charge in [-0.15, -0.1) is 0 Å². The summed E-state index contributed by atoms with van der Waals surface area (Å²) in [4.78, 5) is 12.0. The number of carbonyl (C=O) groups is 1. The van der Waals surface area contributed by atoms with Gasteiger partial charge >= 0.3 is 0 Å². The van der Waals surface area contributed by atoms with E-state index in [0.717, 1.165) is 22.4 Å². The van der Waals surface area contributed by atoms with Crippen molar-refractivity contribution in [2.24, 2.45) is 5.10 Å². The van der Waals surface area contributed by atoms with Gasteiger partial charge in [-0.2, -0.15) is 5.10 Å². The van der Waals surface area contributed by atoms with E-state index >= 15 is 0 Å². The molecule has 0 spiro atoms. The summed E-state index contributed by atoms with van der Waals surface area (Å²) >= 11 is 0. The second-order valence-electron chi connectivity index (χ2n) is 5.91. The van der Waals surface area contributed by atoms with Crippen LogP contribution in [0.4, 0.5) is 0 Å². The largest absolute Gasteiger partial charge is 0.489 e. The van der Waals surface area contributed by atoms with Crippen LogP contribution in [0.3, 0.4) is 0 Å². The Labute approximate surface area is 153 Å². The van der Waals surface area contributed by atoms with Crippen LogP contribution in [-0.4, -0.2) is 12.1 Å². The predicted molar refractivity (Wildman–Crippen MR) is 103 cm³/mol. The van der Waals surface area contributed by atoms with Crippen molar-refractivity contribution in [3.8, 4) is 5.75 Å². The zero-order chi connectivity index (χ0) is 18.2. The average molecular weight is 344 g/mol. The van der Waals surface area contributed by atoms with Crippen LogP contribution < -0.4 is 10.2 Å². The van der Waals surface area contributed by atoms with Gasteiger partial charge in [-0.1, -0.05) is 48.0 Å². The van der Waals surface area contributed by atoms with Crippen LogP contribution in [0, 0.1) is 6.92 Å². The highest BCUT2D eigenvalue weighted by atomic mass is 16.5. The number of hydrogen-bond acceptors (Lipinski definition) is 3. The molecule has 0 unspecified atom stereocenters. The Bertz CT molecular complexity index is 870. The Hall–Kier alpha value is -3.40. The molecular formula is C22H20N2O2. The molecule has 4 heteroatoms. The van der Waals surface area contributed by atoms with Crippen LogP contribution in [0.15, 0.2) is 84.0 Å². The predicted octanol–water partition coefficient (Wildman–Crippen LogP) is 4.34. The molecule has 0 fully saturated rings. The van der Waals surface area contributed by atoms with Crippen molar-refractivity contribution in [1.29, 1.82) is 0 Å². The lowest BCUT2D eigenvalue weighted by Gasteiger charge is -2.06. The highest BCUT2D eigenvalue weighted by Gasteiger charge is 2.02. The third-order valence-corrected chi connectivity index (χ3v) is 3.82. The first-order valence-electron chi connectivity index (χ1n) is 8.37. The van der Waals surface area contributed by atoms with E-state index in [4.69, 9.17) is 4.74 Å². The molecule has 130 valence electrons. The number of amides is 1. The van der Waals surface area contributed by atoms with Gasteiger partial charge in [0, 0.05) is 5.56 Å². The number of carbonyl (C=O) groups excluding carboxylic acids is 1. The fraction of sp³-hybridized carbons (Fsp3) is 0.0909. The molecule has 0 heterocycles. The number of nitrogens with one attached hydrogen (secondary N) is 1. The molecule has 0 atom stereocenters. The van der Waals surface area contributed by atoms with Crippen LogP contribution in [0.2, 0.25) is 0 Å². The van der Waals surface area contributed by atoms with Gasteiger partial charge in [0.05, 0.1) is 6.21 Å². The molecule has 0 radical (unpaired) electrons. The normalized spacial score (nSPS) is 10.7. The summed E-state index contributed by atoms with van der Waals surface area (Å²) < 4.78 is 5.74. The first kappa shape index (κ1) is 17.4. The maximum atomic E-state index is 12.0. The molecule has 0 saturated heterocycles. The van der Waals surface area contributed by atoms with E-state index in [9.17, 15) is 4.79 Å². The molecule has 1 N–H and O–H groups in total. The van der Waals surface area contributed by atoms with Crippen LogP contribution in [0.25, 0.3) is 0 Å². The summed E-state index contributed by atoms with van der Waals surface area (Å²) in [6.45, 7) is 2.51. The van der Waals surface area contributed by atoms with Crippen LogP contribution in [0.5, 0.6) is 5.75 Å². The number of benzene rings is 3. The number of nitrogens with zero attached hydrogens (tertiary/aromatic N) is 1. The van der Waals surface area contributed by atoms with Crippen molar-refractivity contribution in [3.63, 3.8) is 0 Å². The van der Waals surface area contributed by atoms with Gasteiger partial charge in [0.25, 0.3) is 5.91 Å². The van der Waals surface area contributed by atoms with Crippen LogP contribution in [-0.2, 0) is 6.61 Å². The molecule has 3 aromatic carbocycles. The molecule has 0 aliphatic carbocycles. The maximum Gasteiger partial charge on any atom is 0.271 e. The number of hydrazone groups is 1. The number of ether oxygens (including phenoxy) is 1. The zero-order valence-electron chi connectivity index (χ0n) is 14.6. The van der Waals surface area contributed by atoms with E-state index < -0.39 is 0 Å². The number of hydrogen-bond donors (Lipinski definition) is 1. The highest BCUT2D eigenvalue weighted by molar-refractivity contribution is 5.94. The van der Waals surface area contributed by atoms with Crippen molar-refractivity contribution in [3.05, 3.63) is 101 Å². The molecule has 3 aromatic rings. The minimum absolute atomic E-state index is 0.232. The van der Waals surface area contributed by atoms with Crippen molar-refractivity contribution in [2.75, 3.05) is 0 Å². The molecule has 1 amide bonds. The molecule has 0 aliphatic heterocycles. The van der Waals surface area contributed by atoms with Gasteiger partial charge in [-0.25, -0.2) is 5.43 Å². The third-order valence-electron chi connectivity index (χ3n) is 3.82. The number of rotatable bonds is 6. The average Bonchev–Trinajstić information content (AvgIpc) is 2.68. The Morgan fingerprint density at radius 1 is 0.962 bits per heavy atom. The highest BCUT2D eigenvalue weighted by Crippen LogP contribution is 2.13. The molecule has 26 heavy (non-hydrogen) atoms. The van der Waals surface area contributed by atoms with E-state index in [1.165, 1.54) is 0 Å².